The van der Waals surface area contributed by atoms with Crippen LogP contribution < -0.4 is 10.5 Å². The number of aryl methyl sites for hydroxylation is 1. The van der Waals surface area contributed by atoms with E-state index in [4.69, 9.17) is 21.4 Å². The van der Waals surface area contributed by atoms with Crippen LogP contribution in [-0.4, -0.2) is 63.5 Å². The lowest BCUT2D eigenvalue weighted by Gasteiger charge is -2.37. The van der Waals surface area contributed by atoms with E-state index in [0.717, 1.165) is 16.6 Å². The summed E-state index contributed by atoms with van der Waals surface area (Å²) in [5.74, 6) is 0.367. The van der Waals surface area contributed by atoms with Crippen molar-refractivity contribution in [2.45, 2.75) is 26.9 Å². The Morgan fingerprint density at radius 3 is 2.55 bits per heavy atom. The maximum Gasteiger partial charge on any atom is 0.409 e. The number of thioether (sulfide) groups is 1. The van der Waals surface area contributed by atoms with Crippen LogP contribution in [0.15, 0.2) is 56.8 Å². The van der Waals surface area contributed by atoms with Gasteiger partial charge in [-0.2, -0.15) is 0 Å². The molecule has 0 unspecified atom stereocenters. The first-order valence-corrected chi connectivity index (χ1v) is 13.7. The Morgan fingerprint density at radius 2 is 1.87 bits per heavy atom. The molecule has 0 saturated carbocycles. The molecule has 2 aliphatic rings. The van der Waals surface area contributed by atoms with Crippen molar-refractivity contribution >= 4 is 63.0 Å². The van der Waals surface area contributed by atoms with Gasteiger partial charge in [-0.3, -0.25) is 14.5 Å². The number of piperazine rings is 1. The number of amides is 2. The summed E-state index contributed by atoms with van der Waals surface area (Å²) in [6, 6.07) is 11.3. The highest BCUT2D eigenvalue weighted by Crippen LogP contribution is 2.37. The molecule has 11 heteroatoms. The molecule has 9 nitrogen and oxygen atoms in total. The monoisotopic (exact) mass is 552 g/mol. The third-order valence-electron chi connectivity index (χ3n) is 6.66. The fourth-order valence-electron chi connectivity index (χ4n) is 4.85. The number of hydrogen-bond acceptors (Lipinski definition) is 8. The fraction of sp³-hybridized carbons (Fsp3) is 0.333. The van der Waals surface area contributed by atoms with Crippen LogP contribution in [0.3, 0.4) is 0 Å². The summed E-state index contributed by atoms with van der Waals surface area (Å²) in [5, 5.41) is 0.913. The van der Waals surface area contributed by atoms with Crippen molar-refractivity contribution in [1.82, 2.24) is 14.4 Å². The summed E-state index contributed by atoms with van der Waals surface area (Å²) < 4.78 is 12.7. The number of carbonyl (C=O) groups is 2. The van der Waals surface area contributed by atoms with Gasteiger partial charge in [0.15, 0.2) is 0 Å². The molecule has 0 aliphatic carbocycles. The summed E-state index contributed by atoms with van der Waals surface area (Å²) >= 11 is 6.68. The van der Waals surface area contributed by atoms with Crippen LogP contribution in [0.1, 0.15) is 25.2 Å². The van der Waals surface area contributed by atoms with Gasteiger partial charge in [0.1, 0.15) is 10.1 Å². The highest BCUT2D eigenvalue weighted by molar-refractivity contribution is 8.26. The Hall–Kier alpha value is -3.57. The maximum absolute atomic E-state index is 13.9. The first-order chi connectivity index (χ1) is 18.4. The average Bonchev–Trinajstić information content (AvgIpc) is 3.53. The maximum atomic E-state index is 13.9. The van der Waals surface area contributed by atoms with Crippen LogP contribution in [0.2, 0.25) is 0 Å². The van der Waals surface area contributed by atoms with Crippen LogP contribution >= 0.6 is 24.0 Å². The van der Waals surface area contributed by atoms with Gasteiger partial charge in [0.05, 0.1) is 41.1 Å². The number of nitrogens with zero attached hydrogens (tertiary/aromatic N) is 4. The lowest BCUT2D eigenvalue weighted by Crippen LogP contribution is -2.49. The van der Waals surface area contributed by atoms with E-state index in [1.807, 2.05) is 31.2 Å². The normalized spacial score (nSPS) is 17.2. The number of thiocarbonyl (C=S) groups is 1. The molecule has 0 atom stereocenters. The van der Waals surface area contributed by atoms with Crippen LogP contribution in [0, 0.1) is 0 Å². The standard InChI is InChI=1S/C27H28N4O5S2/c1-3-30-21-10-6-5-9-19(21)23(28-11-13-29(14-12-28)26(34)35-4-2)20(24(30)32)16-22-25(33)31(27(37)38-22)17-18-8-7-15-36-18/h5-10,15-16H,3-4,11-14,17H2,1-2H3. The summed E-state index contributed by atoms with van der Waals surface area (Å²) in [6.07, 6.45) is 2.90. The van der Waals surface area contributed by atoms with Gasteiger partial charge in [0.2, 0.25) is 0 Å². The zero-order chi connectivity index (χ0) is 26.8. The number of pyridine rings is 1. The summed E-state index contributed by atoms with van der Waals surface area (Å²) in [5.41, 5.74) is 1.85. The molecule has 1 aromatic carbocycles. The van der Waals surface area contributed by atoms with Crippen molar-refractivity contribution in [3.05, 3.63) is 69.2 Å². The van der Waals surface area contributed by atoms with Gasteiger partial charge in [0, 0.05) is 38.1 Å². The molecule has 2 fully saturated rings. The molecule has 2 aromatic heterocycles. The van der Waals surface area contributed by atoms with Gasteiger partial charge in [0.25, 0.3) is 11.5 Å². The van der Waals surface area contributed by atoms with Crippen molar-refractivity contribution in [3.8, 4) is 0 Å². The van der Waals surface area contributed by atoms with Crippen molar-refractivity contribution in [2.24, 2.45) is 0 Å². The molecule has 2 amide bonds. The number of aromatic nitrogens is 1. The molecule has 2 saturated heterocycles. The Bertz CT molecular complexity index is 1470. The molecule has 0 radical (unpaired) electrons. The molecule has 5 rings (SSSR count). The van der Waals surface area contributed by atoms with Crippen molar-refractivity contribution < 1.29 is 18.7 Å². The Labute approximate surface area is 229 Å². The second kappa shape index (κ2) is 11.0. The number of carbonyl (C=O) groups excluding carboxylic acids is 2. The third-order valence-corrected chi connectivity index (χ3v) is 8.04. The number of furan rings is 1. The Morgan fingerprint density at radius 1 is 1.11 bits per heavy atom. The van der Waals surface area contributed by atoms with Crippen LogP contribution in [0.5, 0.6) is 0 Å². The van der Waals surface area contributed by atoms with Crippen LogP contribution in [0.25, 0.3) is 17.0 Å². The first kappa shape index (κ1) is 26.1. The van der Waals surface area contributed by atoms with Crippen LogP contribution in [0.4, 0.5) is 10.5 Å². The van der Waals surface area contributed by atoms with Crippen molar-refractivity contribution in [3.63, 3.8) is 0 Å². The highest BCUT2D eigenvalue weighted by atomic mass is 32.2. The van der Waals surface area contributed by atoms with Gasteiger partial charge < -0.3 is 23.5 Å². The molecular weight excluding hydrogens is 524 g/mol. The van der Waals surface area contributed by atoms with E-state index in [-0.39, 0.29) is 24.1 Å². The summed E-state index contributed by atoms with van der Waals surface area (Å²) in [6.45, 7) is 6.73. The van der Waals surface area contributed by atoms with E-state index in [2.05, 4.69) is 4.90 Å². The molecule has 0 spiro atoms. The van der Waals surface area contributed by atoms with Gasteiger partial charge in [-0.1, -0.05) is 42.2 Å². The Balaban J connectivity index is 1.57. The zero-order valence-corrected chi connectivity index (χ0v) is 22.8. The third kappa shape index (κ3) is 4.83. The number of benzene rings is 1. The number of fused-ring (bicyclic) bond motifs is 1. The summed E-state index contributed by atoms with van der Waals surface area (Å²) in [4.78, 5) is 45.2. The van der Waals surface area contributed by atoms with Crippen molar-refractivity contribution in [2.75, 3.05) is 37.7 Å². The van der Waals surface area contributed by atoms with Gasteiger partial charge in [-0.05, 0) is 38.1 Å². The van der Waals surface area contributed by atoms with E-state index in [9.17, 15) is 14.4 Å². The van der Waals surface area contributed by atoms with E-state index in [1.54, 1.807) is 40.9 Å². The highest BCUT2D eigenvalue weighted by Gasteiger charge is 2.34. The summed E-state index contributed by atoms with van der Waals surface area (Å²) in [7, 11) is 0. The van der Waals surface area contributed by atoms with Gasteiger partial charge in [-0.25, -0.2) is 4.79 Å². The number of anilines is 1. The second-order valence-corrected chi connectivity index (χ2v) is 10.5. The minimum absolute atomic E-state index is 0.176. The van der Waals surface area contributed by atoms with E-state index in [1.165, 1.54) is 16.7 Å². The quantitative estimate of drug-likeness (QED) is 0.331. The van der Waals surface area contributed by atoms with E-state index in [0.29, 0.717) is 59.9 Å². The molecule has 38 heavy (non-hydrogen) atoms. The van der Waals surface area contributed by atoms with Gasteiger partial charge in [-0.15, -0.1) is 0 Å². The van der Waals surface area contributed by atoms with Gasteiger partial charge >= 0.3 is 6.09 Å². The Kier molecular flexibility index (Phi) is 7.57. The SMILES string of the molecule is CCOC(=O)N1CCN(c2c(C=C3SC(=S)N(Cc4ccco4)C3=O)c(=O)n(CC)c3ccccc23)CC1. The number of para-hydroxylation sites is 1. The smallest absolute Gasteiger partial charge is 0.409 e. The number of rotatable bonds is 6. The van der Waals surface area contributed by atoms with Crippen molar-refractivity contribution in [1.29, 1.82) is 0 Å². The minimum atomic E-state index is -0.334. The zero-order valence-electron chi connectivity index (χ0n) is 21.2. The molecule has 198 valence electrons. The van der Waals surface area contributed by atoms with E-state index < -0.39 is 0 Å². The lowest BCUT2D eigenvalue weighted by atomic mass is 10.0. The predicted octanol–water partition coefficient (Wildman–Crippen LogP) is 4.29. The fourth-order valence-corrected chi connectivity index (χ4v) is 6.09. The lowest BCUT2D eigenvalue weighted by molar-refractivity contribution is -0.122. The molecular formula is C27H28N4O5S2. The van der Waals surface area contributed by atoms with E-state index >= 15 is 0 Å². The predicted molar refractivity (Wildman–Crippen MR) is 152 cm³/mol. The molecule has 0 bridgehead atoms. The van der Waals surface area contributed by atoms with Crippen LogP contribution in [-0.2, 0) is 22.6 Å². The minimum Gasteiger partial charge on any atom is -0.467 e. The number of ether oxygens (including phenoxy) is 1. The largest absolute Gasteiger partial charge is 0.467 e. The topological polar surface area (TPSA) is 88.2 Å². The second-order valence-electron chi connectivity index (χ2n) is 8.85. The average molecular weight is 553 g/mol. The number of hydrogen-bond donors (Lipinski definition) is 0. The molecule has 2 aliphatic heterocycles. The molecule has 0 N–H and O–H groups in total. The molecule has 4 heterocycles. The molecule has 3 aromatic rings. The first-order valence-electron chi connectivity index (χ1n) is 12.5.